The van der Waals surface area contributed by atoms with Crippen molar-refractivity contribution in [2.75, 3.05) is 26.8 Å². The molecule has 2 aromatic carbocycles. The number of esters is 1. The van der Waals surface area contributed by atoms with Crippen LogP contribution in [-0.2, 0) is 22.3 Å². The third-order valence-electron chi connectivity index (χ3n) is 5.72. The molecular weight excluding hydrogens is 477 g/mol. The van der Waals surface area contributed by atoms with E-state index in [9.17, 15) is 27.9 Å². The Balaban J connectivity index is 1.84. The van der Waals surface area contributed by atoms with Gasteiger partial charge < -0.3 is 30.8 Å². The molecule has 11 heteroatoms. The van der Waals surface area contributed by atoms with E-state index in [-0.39, 0.29) is 23.7 Å². The highest BCUT2D eigenvalue weighted by Gasteiger charge is 2.31. The largest absolute Gasteiger partial charge is 0.465 e. The van der Waals surface area contributed by atoms with Gasteiger partial charge in [-0.2, -0.15) is 13.2 Å². The van der Waals surface area contributed by atoms with Crippen molar-refractivity contribution in [1.29, 1.82) is 5.41 Å². The van der Waals surface area contributed by atoms with Gasteiger partial charge in [0.15, 0.2) is 0 Å². The number of methoxy groups -OCH3 is 1. The molecule has 0 aromatic heterocycles. The van der Waals surface area contributed by atoms with Gasteiger partial charge >= 0.3 is 12.1 Å². The third-order valence-corrected chi connectivity index (χ3v) is 5.72. The fourth-order valence-electron chi connectivity index (χ4n) is 3.85. The quantitative estimate of drug-likeness (QED) is 0.250. The fraction of sp³-hybridized carbons (Fsp3) is 0.320. The second kappa shape index (κ2) is 11.3. The maximum absolute atomic E-state index is 13.2. The number of aliphatic hydroxyl groups is 1. The number of rotatable bonds is 8. The predicted molar refractivity (Wildman–Crippen MR) is 126 cm³/mol. The first-order chi connectivity index (χ1) is 17.0. The van der Waals surface area contributed by atoms with E-state index in [1.54, 1.807) is 42.2 Å². The third kappa shape index (κ3) is 6.22. The number of carbonyl (C=O) groups is 2. The molecule has 1 aliphatic rings. The van der Waals surface area contributed by atoms with Gasteiger partial charge in [-0.15, -0.1) is 0 Å². The van der Waals surface area contributed by atoms with Crippen LogP contribution in [0.3, 0.4) is 0 Å². The van der Waals surface area contributed by atoms with Crippen molar-refractivity contribution in [1.82, 2.24) is 15.5 Å². The van der Waals surface area contributed by atoms with Crippen LogP contribution in [0.15, 0.2) is 59.9 Å². The molecule has 1 amide bonds. The van der Waals surface area contributed by atoms with E-state index < -0.39 is 36.3 Å². The Morgan fingerprint density at radius 2 is 1.92 bits per heavy atom. The molecule has 1 unspecified atom stereocenters. The van der Waals surface area contributed by atoms with Gasteiger partial charge in [-0.3, -0.25) is 4.79 Å². The number of aliphatic hydroxyl groups excluding tert-OH is 1. The van der Waals surface area contributed by atoms with Crippen LogP contribution in [0.25, 0.3) is 0 Å². The molecule has 1 fully saturated rings. The van der Waals surface area contributed by atoms with Gasteiger partial charge in [-0.1, -0.05) is 24.3 Å². The molecule has 1 saturated heterocycles. The summed E-state index contributed by atoms with van der Waals surface area (Å²) in [5.41, 5.74) is 0.228. The van der Waals surface area contributed by atoms with E-state index in [4.69, 9.17) is 5.41 Å². The molecule has 192 valence electrons. The zero-order chi connectivity index (χ0) is 26.5. The van der Waals surface area contributed by atoms with Crippen molar-refractivity contribution in [3.05, 3.63) is 82.2 Å². The molecule has 8 nitrogen and oxygen atoms in total. The number of benzene rings is 2. The number of halogens is 3. The molecular formula is C25H27F3N4O4. The standard InChI is InChI=1S/C25H27F3N4O4/c1-15(17-6-8-18(9-7-17)24(35)36-2)31-23(34)21(20(29)14-33)22-30-10-11-32(22)13-16-4-3-5-19(12-16)25(26,27)28/h3-9,12,15,29-30,33H,10-11,13-14H2,1-2H3,(H,31,34)/b22-21-,29-20?. The summed E-state index contributed by atoms with van der Waals surface area (Å²) >= 11 is 0. The number of alkyl halides is 3. The first-order valence-corrected chi connectivity index (χ1v) is 11.1. The van der Waals surface area contributed by atoms with Crippen LogP contribution in [-0.4, -0.2) is 54.4 Å². The normalized spacial score (nSPS) is 15.7. The smallest absolute Gasteiger partial charge is 0.416 e. The SMILES string of the molecule is COC(=O)c1ccc(C(C)NC(=O)/C(C(=N)CO)=C2/NCCN2Cc2cccc(C(F)(F)F)c2)cc1. The van der Waals surface area contributed by atoms with Gasteiger partial charge in [-0.05, 0) is 42.3 Å². The zero-order valence-electron chi connectivity index (χ0n) is 19.8. The number of carbonyl (C=O) groups excluding carboxylic acids is 2. The van der Waals surface area contributed by atoms with E-state index in [0.717, 1.165) is 12.1 Å². The van der Waals surface area contributed by atoms with Crippen LogP contribution >= 0.6 is 0 Å². The van der Waals surface area contributed by atoms with E-state index in [1.165, 1.54) is 13.2 Å². The number of nitrogens with one attached hydrogen (secondary N) is 3. The number of nitrogens with zero attached hydrogens (tertiary/aromatic N) is 1. The Morgan fingerprint density at radius 1 is 1.22 bits per heavy atom. The predicted octanol–water partition coefficient (Wildman–Crippen LogP) is 3.00. The zero-order valence-corrected chi connectivity index (χ0v) is 19.8. The van der Waals surface area contributed by atoms with Gasteiger partial charge in [0.05, 0.1) is 36.6 Å². The van der Waals surface area contributed by atoms with Gasteiger partial charge in [0.1, 0.15) is 11.4 Å². The maximum Gasteiger partial charge on any atom is 0.416 e. The average Bonchev–Trinajstić information content (AvgIpc) is 3.30. The van der Waals surface area contributed by atoms with E-state index in [1.807, 2.05) is 0 Å². The Hall–Kier alpha value is -3.86. The van der Waals surface area contributed by atoms with Crippen LogP contribution in [0.2, 0.25) is 0 Å². The molecule has 1 heterocycles. The lowest BCUT2D eigenvalue weighted by atomic mass is 10.0. The van der Waals surface area contributed by atoms with E-state index in [2.05, 4.69) is 15.4 Å². The average molecular weight is 505 g/mol. The topological polar surface area (TPSA) is 115 Å². The van der Waals surface area contributed by atoms with Gasteiger partial charge in [0, 0.05) is 19.6 Å². The summed E-state index contributed by atoms with van der Waals surface area (Å²) in [4.78, 5) is 26.5. The summed E-state index contributed by atoms with van der Waals surface area (Å²) in [6.45, 7) is 1.90. The minimum Gasteiger partial charge on any atom is -0.465 e. The number of hydrogen-bond donors (Lipinski definition) is 4. The van der Waals surface area contributed by atoms with E-state index in [0.29, 0.717) is 29.8 Å². The number of hydrogen-bond acceptors (Lipinski definition) is 7. The second-order valence-corrected chi connectivity index (χ2v) is 8.22. The Kier molecular flexibility index (Phi) is 8.36. The molecule has 1 atom stereocenters. The van der Waals surface area contributed by atoms with Crippen molar-refractivity contribution >= 4 is 17.6 Å². The van der Waals surface area contributed by atoms with Crippen LogP contribution in [0, 0.1) is 5.41 Å². The molecule has 0 aliphatic carbocycles. The van der Waals surface area contributed by atoms with Crippen molar-refractivity contribution in [3.8, 4) is 0 Å². The van der Waals surface area contributed by atoms with Crippen LogP contribution in [0.1, 0.15) is 40.0 Å². The molecule has 36 heavy (non-hydrogen) atoms. The lowest BCUT2D eigenvalue weighted by Crippen LogP contribution is -2.36. The molecule has 4 N–H and O–H groups in total. The monoisotopic (exact) mass is 504 g/mol. The first kappa shape index (κ1) is 26.7. The minimum absolute atomic E-state index is 0.0757. The van der Waals surface area contributed by atoms with Crippen LogP contribution < -0.4 is 10.6 Å². The molecule has 0 bridgehead atoms. The van der Waals surface area contributed by atoms with Crippen molar-refractivity contribution in [3.63, 3.8) is 0 Å². The van der Waals surface area contributed by atoms with Crippen molar-refractivity contribution in [2.24, 2.45) is 0 Å². The number of ether oxygens (including phenoxy) is 1. The highest BCUT2D eigenvalue weighted by molar-refractivity contribution is 6.21. The Labute approximate surface area is 206 Å². The lowest BCUT2D eigenvalue weighted by Gasteiger charge is -2.24. The van der Waals surface area contributed by atoms with Crippen LogP contribution in [0.5, 0.6) is 0 Å². The minimum atomic E-state index is -4.48. The highest BCUT2D eigenvalue weighted by atomic mass is 19.4. The molecule has 2 aromatic rings. The molecule has 1 aliphatic heterocycles. The molecule has 0 saturated carbocycles. The Bertz CT molecular complexity index is 1160. The lowest BCUT2D eigenvalue weighted by molar-refractivity contribution is -0.137. The van der Waals surface area contributed by atoms with Gasteiger partial charge in [0.25, 0.3) is 5.91 Å². The Morgan fingerprint density at radius 3 is 2.53 bits per heavy atom. The highest BCUT2D eigenvalue weighted by Crippen LogP contribution is 2.30. The summed E-state index contributed by atoms with van der Waals surface area (Å²) in [5.74, 6) is -0.857. The van der Waals surface area contributed by atoms with Crippen molar-refractivity contribution in [2.45, 2.75) is 25.7 Å². The maximum atomic E-state index is 13.2. The van der Waals surface area contributed by atoms with Crippen molar-refractivity contribution < 1.29 is 32.6 Å². The second-order valence-electron chi connectivity index (χ2n) is 8.22. The van der Waals surface area contributed by atoms with Gasteiger partial charge in [0.2, 0.25) is 0 Å². The summed E-state index contributed by atoms with van der Waals surface area (Å²) in [6, 6.07) is 10.9. The summed E-state index contributed by atoms with van der Waals surface area (Å²) < 4.78 is 44.0. The summed E-state index contributed by atoms with van der Waals surface area (Å²) in [7, 11) is 1.28. The fourth-order valence-corrected chi connectivity index (χ4v) is 3.85. The number of amides is 1. The van der Waals surface area contributed by atoms with Crippen LogP contribution in [0.4, 0.5) is 13.2 Å². The molecule has 0 spiro atoms. The molecule has 3 rings (SSSR count). The summed E-state index contributed by atoms with van der Waals surface area (Å²) in [6.07, 6.45) is -4.48. The van der Waals surface area contributed by atoms with E-state index >= 15 is 0 Å². The first-order valence-electron chi connectivity index (χ1n) is 11.1. The summed E-state index contributed by atoms with van der Waals surface area (Å²) in [5, 5.41) is 23.6. The van der Waals surface area contributed by atoms with Gasteiger partial charge in [-0.25, -0.2) is 4.79 Å². The molecule has 0 radical (unpaired) electrons.